The van der Waals surface area contributed by atoms with Crippen molar-refractivity contribution in [1.29, 1.82) is 0 Å². The van der Waals surface area contributed by atoms with E-state index in [1.54, 1.807) is 19.2 Å². The Balaban J connectivity index is 2.55. The first-order valence-corrected chi connectivity index (χ1v) is 12.3. The molecule has 0 saturated carbocycles. The number of guanidine groups is 1. The van der Waals surface area contributed by atoms with Crippen LogP contribution in [0.4, 0.5) is 0 Å². The molecule has 0 radical (unpaired) electrons. The van der Waals surface area contributed by atoms with Gasteiger partial charge in [0.05, 0.1) is 17.2 Å². The minimum absolute atomic E-state index is 0.00111. The van der Waals surface area contributed by atoms with Crippen molar-refractivity contribution in [2.75, 3.05) is 59.2 Å². The fourth-order valence-corrected chi connectivity index (χ4v) is 4.01. The fraction of sp³-hybridized carbons (Fsp3) is 0.682. The number of aliphatic imine (C=N–C) groups is 1. The predicted octanol–water partition coefficient (Wildman–Crippen LogP) is 2.28. The van der Waals surface area contributed by atoms with E-state index in [0.29, 0.717) is 23.9 Å². The number of methoxy groups -OCH3 is 1. The Bertz CT molecular complexity index is 741. The minimum Gasteiger partial charge on any atom is -0.385 e. The van der Waals surface area contributed by atoms with Crippen LogP contribution in [0.1, 0.15) is 39.7 Å². The number of benzene rings is 1. The molecule has 1 rings (SSSR count). The molecular formula is C22H40N4O3S. The third-order valence-corrected chi connectivity index (χ3v) is 6.46. The van der Waals surface area contributed by atoms with Gasteiger partial charge in [-0.15, -0.1) is 0 Å². The average Bonchev–Trinajstić information content (AvgIpc) is 2.67. The highest BCUT2D eigenvalue weighted by molar-refractivity contribution is 7.91. The lowest BCUT2D eigenvalue weighted by molar-refractivity contribution is 0.180. The number of hydrogen-bond acceptors (Lipinski definition) is 5. The van der Waals surface area contributed by atoms with E-state index in [1.807, 2.05) is 19.1 Å². The number of ether oxygens (including phenoxy) is 1. The molecule has 0 aliphatic carbocycles. The van der Waals surface area contributed by atoms with E-state index in [4.69, 9.17) is 4.74 Å². The molecule has 2 N–H and O–H groups in total. The molecule has 8 heteroatoms. The minimum atomic E-state index is -3.35. The molecule has 0 aromatic heterocycles. The first-order chi connectivity index (χ1) is 14.1. The number of nitrogens with one attached hydrogen (secondary N) is 2. The molecule has 0 atom stereocenters. The maximum Gasteiger partial charge on any atom is 0.191 e. The number of nitrogens with zero attached hydrogens (tertiary/aromatic N) is 2. The standard InChI is InChI=1S/C22H40N4O3S/c1-7-23-21(24-13-16-26(5)15-8-17-29-6)25-14-18-30(27,28)20-11-9-19(10-12-20)22(2,3)4/h9-12H,7-8,13-18H2,1-6H3,(H2,23,24,25). The Morgan fingerprint density at radius 1 is 1.13 bits per heavy atom. The Morgan fingerprint density at radius 2 is 1.80 bits per heavy atom. The van der Waals surface area contributed by atoms with Gasteiger partial charge in [0, 0.05) is 39.9 Å². The molecule has 7 nitrogen and oxygen atoms in total. The van der Waals surface area contributed by atoms with Gasteiger partial charge in [-0.1, -0.05) is 32.9 Å². The molecule has 30 heavy (non-hydrogen) atoms. The third kappa shape index (κ3) is 9.91. The van der Waals surface area contributed by atoms with Gasteiger partial charge in [0.1, 0.15) is 0 Å². The van der Waals surface area contributed by atoms with Gasteiger partial charge in [0.25, 0.3) is 0 Å². The van der Waals surface area contributed by atoms with E-state index in [0.717, 1.165) is 38.2 Å². The van der Waals surface area contributed by atoms with Gasteiger partial charge >= 0.3 is 0 Å². The summed E-state index contributed by atoms with van der Waals surface area (Å²) in [6, 6.07) is 7.20. The smallest absolute Gasteiger partial charge is 0.191 e. The molecular weight excluding hydrogens is 400 g/mol. The van der Waals surface area contributed by atoms with E-state index in [9.17, 15) is 8.42 Å². The number of sulfone groups is 1. The summed E-state index contributed by atoms with van der Waals surface area (Å²) in [4.78, 5) is 7.10. The van der Waals surface area contributed by atoms with Crippen molar-refractivity contribution >= 4 is 15.8 Å². The number of rotatable bonds is 12. The second kappa shape index (κ2) is 12.9. The van der Waals surface area contributed by atoms with Gasteiger partial charge in [-0.3, -0.25) is 4.99 Å². The molecule has 0 bridgehead atoms. The molecule has 0 spiro atoms. The second-order valence-electron chi connectivity index (χ2n) is 8.43. The monoisotopic (exact) mass is 440 g/mol. The lowest BCUT2D eigenvalue weighted by Crippen LogP contribution is -2.40. The lowest BCUT2D eigenvalue weighted by atomic mass is 9.87. The Kier molecular flexibility index (Phi) is 11.4. The Morgan fingerprint density at radius 3 is 2.37 bits per heavy atom. The zero-order valence-electron chi connectivity index (χ0n) is 19.5. The van der Waals surface area contributed by atoms with Crippen LogP contribution in [-0.2, 0) is 20.0 Å². The van der Waals surface area contributed by atoms with Crippen LogP contribution in [0.2, 0.25) is 0 Å². The van der Waals surface area contributed by atoms with Gasteiger partial charge in [-0.05, 0) is 43.5 Å². The Hall–Kier alpha value is -1.64. The highest BCUT2D eigenvalue weighted by Gasteiger charge is 2.17. The van der Waals surface area contributed by atoms with Crippen LogP contribution in [0.15, 0.2) is 34.2 Å². The summed E-state index contributed by atoms with van der Waals surface area (Å²) in [5, 5.41) is 6.29. The van der Waals surface area contributed by atoms with Crippen molar-refractivity contribution in [1.82, 2.24) is 15.5 Å². The molecule has 0 unspecified atom stereocenters. The maximum atomic E-state index is 12.6. The van der Waals surface area contributed by atoms with Crippen molar-refractivity contribution in [3.63, 3.8) is 0 Å². The van der Waals surface area contributed by atoms with Gasteiger partial charge in [-0.2, -0.15) is 0 Å². The van der Waals surface area contributed by atoms with Crippen molar-refractivity contribution in [2.45, 2.75) is 44.4 Å². The third-order valence-electron chi connectivity index (χ3n) is 4.73. The molecule has 0 saturated heterocycles. The van der Waals surface area contributed by atoms with Gasteiger partial charge in [-0.25, -0.2) is 8.42 Å². The molecule has 0 amide bonds. The summed E-state index contributed by atoms with van der Waals surface area (Å²) in [6.07, 6.45) is 0.990. The lowest BCUT2D eigenvalue weighted by Gasteiger charge is -2.19. The van der Waals surface area contributed by atoms with Crippen molar-refractivity contribution in [3.8, 4) is 0 Å². The van der Waals surface area contributed by atoms with Gasteiger partial charge in [0.15, 0.2) is 15.8 Å². The second-order valence-corrected chi connectivity index (χ2v) is 10.5. The zero-order valence-corrected chi connectivity index (χ0v) is 20.3. The molecule has 0 aliphatic heterocycles. The van der Waals surface area contributed by atoms with Crippen LogP contribution in [0.25, 0.3) is 0 Å². The maximum absolute atomic E-state index is 12.6. The van der Waals surface area contributed by atoms with Crippen molar-refractivity contribution < 1.29 is 13.2 Å². The topological polar surface area (TPSA) is 83.0 Å². The van der Waals surface area contributed by atoms with E-state index in [-0.39, 0.29) is 11.2 Å². The summed E-state index contributed by atoms with van der Waals surface area (Å²) < 4.78 is 30.4. The normalized spacial score (nSPS) is 13.0. The summed E-state index contributed by atoms with van der Waals surface area (Å²) >= 11 is 0. The molecule has 0 heterocycles. The molecule has 0 fully saturated rings. The number of likely N-dealkylation sites (N-methyl/N-ethyl adjacent to an activating group) is 1. The van der Waals surface area contributed by atoms with Crippen LogP contribution in [0.3, 0.4) is 0 Å². The predicted molar refractivity (Wildman–Crippen MR) is 125 cm³/mol. The first-order valence-electron chi connectivity index (χ1n) is 10.6. The largest absolute Gasteiger partial charge is 0.385 e. The summed E-state index contributed by atoms with van der Waals surface area (Å²) in [5.74, 6) is 0.657. The summed E-state index contributed by atoms with van der Waals surface area (Å²) in [6.45, 7) is 12.5. The van der Waals surface area contributed by atoms with Crippen LogP contribution in [0, 0.1) is 0 Å². The molecule has 1 aromatic rings. The van der Waals surface area contributed by atoms with Crippen molar-refractivity contribution in [3.05, 3.63) is 29.8 Å². The molecule has 0 aliphatic rings. The molecule has 1 aromatic carbocycles. The quantitative estimate of drug-likeness (QED) is 0.295. The average molecular weight is 441 g/mol. The molecule has 172 valence electrons. The van der Waals surface area contributed by atoms with E-state index in [1.165, 1.54) is 0 Å². The van der Waals surface area contributed by atoms with Crippen LogP contribution >= 0.6 is 0 Å². The van der Waals surface area contributed by atoms with E-state index < -0.39 is 9.84 Å². The SMILES string of the molecule is CCNC(=NCCN(C)CCCOC)NCCS(=O)(=O)c1ccc(C(C)(C)C)cc1. The Labute approximate surface area is 183 Å². The zero-order chi connectivity index (χ0) is 22.6. The van der Waals surface area contributed by atoms with Gasteiger partial charge < -0.3 is 20.3 Å². The van der Waals surface area contributed by atoms with Gasteiger partial charge in [0.2, 0.25) is 0 Å². The van der Waals surface area contributed by atoms with E-state index in [2.05, 4.69) is 48.3 Å². The summed E-state index contributed by atoms with van der Waals surface area (Å²) in [7, 11) is 0.421. The highest BCUT2D eigenvalue weighted by atomic mass is 32.2. The highest BCUT2D eigenvalue weighted by Crippen LogP contribution is 2.23. The van der Waals surface area contributed by atoms with Crippen LogP contribution in [0.5, 0.6) is 0 Å². The van der Waals surface area contributed by atoms with Crippen LogP contribution in [-0.4, -0.2) is 78.5 Å². The first kappa shape index (κ1) is 26.4. The van der Waals surface area contributed by atoms with Crippen molar-refractivity contribution in [2.24, 2.45) is 4.99 Å². The van der Waals surface area contributed by atoms with E-state index >= 15 is 0 Å². The van der Waals surface area contributed by atoms with Crippen LogP contribution < -0.4 is 10.6 Å². The number of hydrogen-bond donors (Lipinski definition) is 2. The summed E-state index contributed by atoms with van der Waals surface area (Å²) in [5.41, 5.74) is 1.12. The fourth-order valence-electron chi connectivity index (χ4n) is 2.85.